The van der Waals surface area contributed by atoms with Crippen molar-refractivity contribution in [2.24, 2.45) is 0 Å². The molecular formula is C13H14ClFN2O. The van der Waals surface area contributed by atoms with Crippen LogP contribution in [0.1, 0.15) is 30.6 Å². The van der Waals surface area contributed by atoms with E-state index in [9.17, 15) is 9.50 Å². The van der Waals surface area contributed by atoms with E-state index in [-0.39, 0.29) is 5.02 Å². The fourth-order valence-corrected chi connectivity index (χ4v) is 1.90. The molecule has 5 heteroatoms. The lowest BCUT2D eigenvalue weighted by Crippen LogP contribution is -2.01. The third kappa shape index (κ3) is 2.71. The molecule has 1 unspecified atom stereocenters. The summed E-state index contributed by atoms with van der Waals surface area (Å²) in [6, 6.07) is 4.69. The van der Waals surface area contributed by atoms with Crippen LogP contribution in [0.25, 0.3) is 0 Å². The number of aliphatic hydroxyl groups excluding tert-OH is 1. The molecule has 1 aromatic heterocycles. The van der Waals surface area contributed by atoms with E-state index in [0.29, 0.717) is 18.5 Å². The summed E-state index contributed by atoms with van der Waals surface area (Å²) in [4.78, 5) is 0. The molecule has 1 atom stereocenters. The number of benzene rings is 1. The summed E-state index contributed by atoms with van der Waals surface area (Å²) >= 11 is 5.87. The second-order valence-electron chi connectivity index (χ2n) is 4.11. The van der Waals surface area contributed by atoms with Crippen LogP contribution in [-0.2, 0) is 6.54 Å². The Bertz CT molecular complexity index is 542. The highest BCUT2D eigenvalue weighted by Crippen LogP contribution is 2.21. The van der Waals surface area contributed by atoms with Crippen molar-refractivity contribution in [1.29, 1.82) is 0 Å². The maximum Gasteiger partial charge on any atom is 0.142 e. The first-order valence-corrected chi connectivity index (χ1v) is 6.13. The number of halogens is 2. The predicted molar refractivity (Wildman–Crippen MR) is 68.0 cm³/mol. The lowest BCUT2D eigenvalue weighted by atomic mass is 10.1. The fourth-order valence-electron chi connectivity index (χ4n) is 1.72. The number of nitrogens with zero attached hydrogens (tertiary/aromatic N) is 2. The van der Waals surface area contributed by atoms with Gasteiger partial charge in [0.15, 0.2) is 0 Å². The standard InChI is InChI=1S/C13H14ClFN2O/c1-2-12(18)10-6-16-17(8-10)7-9-4-3-5-11(15)13(9)14/h3-6,8,12,18H,2,7H2,1H3. The van der Waals surface area contributed by atoms with Crippen molar-refractivity contribution in [2.75, 3.05) is 0 Å². The average molecular weight is 269 g/mol. The molecule has 0 saturated heterocycles. The van der Waals surface area contributed by atoms with Gasteiger partial charge in [-0.2, -0.15) is 5.10 Å². The zero-order valence-electron chi connectivity index (χ0n) is 9.98. The summed E-state index contributed by atoms with van der Waals surface area (Å²) in [5.41, 5.74) is 1.42. The van der Waals surface area contributed by atoms with Crippen molar-refractivity contribution in [3.63, 3.8) is 0 Å². The second kappa shape index (κ2) is 5.50. The van der Waals surface area contributed by atoms with Gasteiger partial charge in [-0.1, -0.05) is 30.7 Å². The van der Waals surface area contributed by atoms with Crippen LogP contribution >= 0.6 is 11.6 Å². The first kappa shape index (κ1) is 13.1. The topological polar surface area (TPSA) is 38.1 Å². The Balaban J connectivity index is 2.19. The molecule has 0 aliphatic heterocycles. The van der Waals surface area contributed by atoms with Gasteiger partial charge in [0.2, 0.25) is 0 Å². The Labute approximate surface area is 110 Å². The van der Waals surface area contributed by atoms with E-state index in [2.05, 4.69) is 5.10 Å². The minimum atomic E-state index is -0.512. The van der Waals surface area contributed by atoms with E-state index in [0.717, 1.165) is 5.56 Å². The first-order chi connectivity index (χ1) is 8.61. The smallest absolute Gasteiger partial charge is 0.142 e. The second-order valence-corrected chi connectivity index (χ2v) is 4.49. The van der Waals surface area contributed by atoms with Crippen LogP contribution in [0.3, 0.4) is 0 Å². The number of rotatable bonds is 4. The van der Waals surface area contributed by atoms with Crippen LogP contribution in [0.2, 0.25) is 5.02 Å². The van der Waals surface area contributed by atoms with E-state index in [4.69, 9.17) is 11.6 Å². The van der Waals surface area contributed by atoms with E-state index in [1.165, 1.54) is 6.07 Å². The molecule has 0 amide bonds. The maximum atomic E-state index is 13.3. The predicted octanol–water partition coefficient (Wildman–Crippen LogP) is 3.17. The summed E-state index contributed by atoms with van der Waals surface area (Å²) in [5.74, 6) is -0.435. The van der Waals surface area contributed by atoms with Gasteiger partial charge in [0.25, 0.3) is 0 Å². The average Bonchev–Trinajstić information content (AvgIpc) is 2.82. The molecule has 0 aliphatic rings. The Morgan fingerprint density at radius 1 is 1.50 bits per heavy atom. The summed E-state index contributed by atoms with van der Waals surface area (Å²) in [6.45, 7) is 2.28. The summed E-state index contributed by atoms with van der Waals surface area (Å²) in [7, 11) is 0. The molecule has 3 nitrogen and oxygen atoms in total. The zero-order valence-corrected chi connectivity index (χ0v) is 10.7. The van der Waals surface area contributed by atoms with Crippen molar-refractivity contribution in [3.05, 3.63) is 52.6 Å². The molecule has 2 rings (SSSR count). The molecule has 0 fully saturated rings. The lowest BCUT2D eigenvalue weighted by molar-refractivity contribution is 0.173. The molecule has 1 aromatic carbocycles. The van der Waals surface area contributed by atoms with Crippen LogP contribution in [-0.4, -0.2) is 14.9 Å². The number of aromatic nitrogens is 2. The van der Waals surface area contributed by atoms with Gasteiger partial charge in [0.1, 0.15) is 5.82 Å². The van der Waals surface area contributed by atoms with Crippen LogP contribution < -0.4 is 0 Å². The van der Waals surface area contributed by atoms with E-state index < -0.39 is 11.9 Å². The highest BCUT2D eigenvalue weighted by atomic mass is 35.5. The largest absolute Gasteiger partial charge is 0.388 e. The summed E-state index contributed by atoms with van der Waals surface area (Å²) in [5, 5.41) is 13.9. The van der Waals surface area contributed by atoms with E-state index in [1.54, 1.807) is 29.2 Å². The third-order valence-electron chi connectivity index (χ3n) is 2.79. The maximum absolute atomic E-state index is 13.3. The van der Waals surface area contributed by atoms with Gasteiger partial charge < -0.3 is 5.11 Å². The molecule has 1 heterocycles. The van der Waals surface area contributed by atoms with Gasteiger partial charge in [0, 0.05) is 11.8 Å². The molecule has 0 aliphatic carbocycles. The van der Waals surface area contributed by atoms with Crippen LogP contribution in [0.4, 0.5) is 4.39 Å². The lowest BCUT2D eigenvalue weighted by Gasteiger charge is -2.05. The van der Waals surface area contributed by atoms with Crippen molar-refractivity contribution in [3.8, 4) is 0 Å². The monoisotopic (exact) mass is 268 g/mol. The highest BCUT2D eigenvalue weighted by Gasteiger charge is 2.10. The van der Waals surface area contributed by atoms with Crippen LogP contribution in [0.15, 0.2) is 30.6 Å². The van der Waals surface area contributed by atoms with Gasteiger partial charge in [0.05, 0.1) is 23.9 Å². The third-order valence-corrected chi connectivity index (χ3v) is 3.21. The van der Waals surface area contributed by atoms with Gasteiger partial charge >= 0.3 is 0 Å². The van der Waals surface area contributed by atoms with Crippen LogP contribution in [0, 0.1) is 5.82 Å². The summed E-state index contributed by atoms with van der Waals surface area (Å²) < 4.78 is 14.9. The molecule has 0 radical (unpaired) electrons. The molecular weight excluding hydrogens is 255 g/mol. The van der Waals surface area contributed by atoms with Crippen molar-refractivity contribution in [1.82, 2.24) is 9.78 Å². The Kier molecular flexibility index (Phi) is 3.99. The first-order valence-electron chi connectivity index (χ1n) is 5.75. The van der Waals surface area contributed by atoms with Crippen molar-refractivity contribution in [2.45, 2.75) is 26.0 Å². The molecule has 2 aromatic rings. The molecule has 0 spiro atoms. The molecule has 18 heavy (non-hydrogen) atoms. The minimum absolute atomic E-state index is 0.116. The van der Waals surface area contributed by atoms with Gasteiger partial charge in [-0.05, 0) is 18.1 Å². The van der Waals surface area contributed by atoms with Crippen LogP contribution in [0.5, 0.6) is 0 Å². The Hall–Kier alpha value is -1.39. The zero-order chi connectivity index (χ0) is 13.1. The fraction of sp³-hybridized carbons (Fsp3) is 0.308. The van der Waals surface area contributed by atoms with E-state index in [1.807, 2.05) is 6.92 Å². The van der Waals surface area contributed by atoms with E-state index >= 15 is 0 Å². The van der Waals surface area contributed by atoms with Gasteiger partial charge in [-0.3, -0.25) is 4.68 Å². The van der Waals surface area contributed by atoms with Crippen molar-refractivity contribution < 1.29 is 9.50 Å². The number of aliphatic hydroxyl groups is 1. The number of hydrogen-bond donors (Lipinski definition) is 1. The Morgan fingerprint density at radius 3 is 3.00 bits per heavy atom. The normalized spacial score (nSPS) is 12.7. The summed E-state index contributed by atoms with van der Waals surface area (Å²) in [6.07, 6.45) is 3.48. The number of hydrogen-bond acceptors (Lipinski definition) is 2. The Morgan fingerprint density at radius 2 is 2.28 bits per heavy atom. The van der Waals surface area contributed by atoms with Crippen molar-refractivity contribution >= 4 is 11.6 Å². The molecule has 96 valence electrons. The molecule has 1 N–H and O–H groups in total. The highest BCUT2D eigenvalue weighted by molar-refractivity contribution is 6.31. The van der Waals surface area contributed by atoms with Gasteiger partial charge in [-0.25, -0.2) is 4.39 Å². The molecule has 0 saturated carbocycles. The minimum Gasteiger partial charge on any atom is -0.388 e. The molecule has 0 bridgehead atoms. The SMILES string of the molecule is CCC(O)c1cnn(Cc2cccc(F)c2Cl)c1. The van der Waals surface area contributed by atoms with Gasteiger partial charge in [-0.15, -0.1) is 0 Å². The quantitative estimate of drug-likeness (QED) is 0.925.